The number of rotatable bonds is 5. The number of aromatic amines is 1. The maximum Gasteiger partial charge on any atom is 0.503 e. The molecule has 9 heteroatoms. The summed E-state index contributed by atoms with van der Waals surface area (Å²) in [5.74, 6) is 2.94. The highest BCUT2D eigenvalue weighted by molar-refractivity contribution is 6.32. The molecule has 178 valence electrons. The first-order chi connectivity index (χ1) is 16.5. The Morgan fingerprint density at radius 3 is 2.59 bits per heavy atom. The predicted molar refractivity (Wildman–Crippen MR) is 133 cm³/mol. The number of nitrogens with one attached hydrogen (secondary N) is 2. The first-order valence-electron chi connectivity index (χ1n) is 11.2. The molecule has 5 rings (SSSR count). The van der Waals surface area contributed by atoms with Crippen LogP contribution in [0.15, 0.2) is 42.5 Å². The second-order valence-electron chi connectivity index (χ2n) is 8.26. The molecule has 8 nitrogen and oxygen atoms in total. The van der Waals surface area contributed by atoms with E-state index < -0.39 is 6.16 Å². The van der Waals surface area contributed by atoms with Gasteiger partial charge in [0.1, 0.15) is 23.0 Å². The topological polar surface area (TPSA) is 120 Å². The Balaban J connectivity index is 0.000000636. The van der Waals surface area contributed by atoms with Crippen LogP contribution in [0.25, 0.3) is 21.9 Å². The first-order valence-corrected chi connectivity index (χ1v) is 11.6. The molecule has 1 fully saturated rings. The molecule has 2 aromatic heterocycles. The van der Waals surface area contributed by atoms with Crippen molar-refractivity contribution in [2.45, 2.75) is 44.6 Å². The summed E-state index contributed by atoms with van der Waals surface area (Å²) in [4.78, 5) is 22.0. The van der Waals surface area contributed by atoms with Gasteiger partial charge in [0.25, 0.3) is 0 Å². The summed E-state index contributed by atoms with van der Waals surface area (Å²) in [6, 6.07) is 14.2. The van der Waals surface area contributed by atoms with Gasteiger partial charge in [-0.25, -0.2) is 14.8 Å². The van der Waals surface area contributed by atoms with Crippen molar-refractivity contribution >= 4 is 45.5 Å². The van der Waals surface area contributed by atoms with Crippen molar-refractivity contribution in [2.75, 3.05) is 12.4 Å². The van der Waals surface area contributed by atoms with Gasteiger partial charge in [0.15, 0.2) is 0 Å². The van der Waals surface area contributed by atoms with Gasteiger partial charge in [-0.15, -0.1) is 0 Å². The summed E-state index contributed by atoms with van der Waals surface area (Å²) in [5, 5.41) is 20.3. The van der Waals surface area contributed by atoms with E-state index in [1.54, 1.807) is 7.11 Å². The number of carboxylic acid groups (broad SMARTS) is 2. The number of nitrogens with zero attached hydrogens (tertiary/aromatic N) is 2. The number of H-pyrrole nitrogens is 1. The minimum atomic E-state index is -1.83. The molecule has 4 aromatic rings. The van der Waals surface area contributed by atoms with E-state index >= 15 is 0 Å². The number of aromatic nitrogens is 3. The second-order valence-corrected chi connectivity index (χ2v) is 8.67. The maximum atomic E-state index is 8.56. The fourth-order valence-electron chi connectivity index (χ4n) is 4.44. The lowest BCUT2D eigenvalue weighted by molar-refractivity contribution is 0.137. The van der Waals surface area contributed by atoms with E-state index in [0.29, 0.717) is 23.2 Å². The zero-order valence-electron chi connectivity index (χ0n) is 18.8. The molecule has 4 N–H and O–H groups in total. The average molecular weight is 483 g/mol. The molecule has 0 bridgehead atoms. The fraction of sp³-hybridized carbons (Fsp3) is 0.320. The molecule has 1 aliphatic rings. The third-order valence-electron chi connectivity index (χ3n) is 6.02. The molecule has 0 unspecified atom stereocenters. The Bertz CT molecular complexity index is 1300. The van der Waals surface area contributed by atoms with Crippen LogP contribution in [0, 0.1) is 0 Å². The highest BCUT2D eigenvalue weighted by Crippen LogP contribution is 2.35. The number of hydrogen-bond donors (Lipinski definition) is 4. The predicted octanol–water partition coefficient (Wildman–Crippen LogP) is 6.66. The monoisotopic (exact) mass is 482 g/mol. The van der Waals surface area contributed by atoms with Crippen LogP contribution in [0.2, 0.25) is 5.02 Å². The van der Waals surface area contributed by atoms with E-state index in [4.69, 9.17) is 41.3 Å². The van der Waals surface area contributed by atoms with Crippen LogP contribution in [0.4, 0.5) is 10.6 Å². The Morgan fingerprint density at radius 1 is 1.15 bits per heavy atom. The number of hydrogen-bond acceptors (Lipinski definition) is 5. The summed E-state index contributed by atoms with van der Waals surface area (Å²) in [6.45, 7) is 0.624. The lowest BCUT2D eigenvalue weighted by Gasteiger charge is -2.21. The molecule has 0 atom stereocenters. The van der Waals surface area contributed by atoms with Gasteiger partial charge in [0, 0.05) is 23.4 Å². The number of benzene rings is 2. The van der Waals surface area contributed by atoms with Crippen LogP contribution >= 0.6 is 11.6 Å². The molecule has 0 amide bonds. The van der Waals surface area contributed by atoms with Crippen LogP contribution in [0.5, 0.6) is 5.75 Å². The maximum absolute atomic E-state index is 8.56. The number of halogens is 1. The summed E-state index contributed by atoms with van der Waals surface area (Å²) in [7, 11) is 1.63. The van der Waals surface area contributed by atoms with Gasteiger partial charge in [0.05, 0.1) is 17.5 Å². The molecule has 2 heterocycles. The zero-order valence-corrected chi connectivity index (χ0v) is 19.6. The van der Waals surface area contributed by atoms with Crippen molar-refractivity contribution in [3.05, 3.63) is 58.9 Å². The Hall–Kier alpha value is -3.52. The molecule has 0 spiro atoms. The molecule has 2 aromatic carbocycles. The van der Waals surface area contributed by atoms with E-state index in [1.807, 2.05) is 24.3 Å². The number of ether oxygens (including phenoxy) is 1. The average Bonchev–Trinajstić information content (AvgIpc) is 3.21. The standard InChI is InChI=1S/C24H25ClN4O.CH2O3/c1-30-20-12-11-15(13-18(20)25)14-26-23-21-17-9-5-6-10-19(17)27-24(21)29-22(28-23)16-7-3-2-4-8-16;2-1(3)4/h5-6,9-13,16H,2-4,7-8,14H2,1H3,(H2,26,27,28,29);(H2,2,3,4). The summed E-state index contributed by atoms with van der Waals surface area (Å²) in [6.07, 6.45) is 4.32. The van der Waals surface area contributed by atoms with E-state index in [-0.39, 0.29) is 0 Å². The molecule has 0 saturated heterocycles. The smallest absolute Gasteiger partial charge is 0.495 e. The molecule has 1 saturated carbocycles. The minimum Gasteiger partial charge on any atom is -0.495 e. The largest absolute Gasteiger partial charge is 0.503 e. The Labute approximate surface area is 202 Å². The lowest BCUT2D eigenvalue weighted by Crippen LogP contribution is -2.11. The van der Waals surface area contributed by atoms with Gasteiger partial charge >= 0.3 is 6.16 Å². The molecule has 0 aliphatic heterocycles. The van der Waals surface area contributed by atoms with Crippen LogP contribution in [0.3, 0.4) is 0 Å². The van der Waals surface area contributed by atoms with Crippen molar-refractivity contribution in [2.24, 2.45) is 0 Å². The number of anilines is 1. The van der Waals surface area contributed by atoms with Gasteiger partial charge in [-0.3, -0.25) is 0 Å². The molecular formula is C25H27ClN4O4. The van der Waals surface area contributed by atoms with E-state index in [0.717, 1.165) is 39.1 Å². The quantitative estimate of drug-likeness (QED) is 0.251. The van der Waals surface area contributed by atoms with Gasteiger partial charge in [-0.05, 0) is 36.6 Å². The molecule has 1 aliphatic carbocycles. The zero-order chi connectivity index (χ0) is 24.1. The summed E-state index contributed by atoms with van der Waals surface area (Å²) in [5.41, 5.74) is 3.06. The SMILES string of the molecule is COc1ccc(CNc2nc(C3CCCCC3)nc3[nH]c4ccccc4c23)cc1Cl.O=C(O)O. The van der Waals surface area contributed by atoms with Crippen molar-refractivity contribution < 1.29 is 19.7 Å². The van der Waals surface area contributed by atoms with Crippen molar-refractivity contribution in [1.82, 2.24) is 15.0 Å². The van der Waals surface area contributed by atoms with Crippen molar-refractivity contribution in [3.63, 3.8) is 0 Å². The number of carbonyl (C=O) groups is 1. The number of methoxy groups -OCH3 is 1. The number of fused-ring (bicyclic) bond motifs is 3. The number of para-hydroxylation sites is 1. The van der Waals surface area contributed by atoms with E-state index in [1.165, 1.54) is 32.1 Å². The Morgan fingerprint density at radius 2 is 1.88 bits per heavy atom. The van der Waals surface area contributed by atoms with Crippen LogP contribution < -0.4 is 10.1 Å². The van der Waals surface area contributed by atoms with Crippen molar-refractivity contribution in [3.8, 4) is 5.75 Å². The second kappa shape index (κ2) is 10.6. The lowest BCUT2D eigenvalue weighted by atomic mass is 9.88. The van der Waals surface area contributed by atoms with Gasteiger partial charge in [0.2, 0.25) is 0 Å². The van der Waals surface area contributed by atoms with Gasteiger partial charge in [-0.2, -0.15) is 0 Å². The molecule has 0 radical (unpaired) electrons. The summed E-state index contributed by atoms with van der Waals surface area (Å²) >= 11 is 6.31. The first kappa shape index (κ1) is 23.6. The van der Waals surface area contributed by atoms with Gasteiger partial charge < -0.3 is 25.3 Å². The van der Waals surface area contributed by atoms with Crippen LogP contribution in [-0.2, 0) is 6.54 Å². The summed E-state index contributed by atoms with van der Waals surface area (Å²) < 4.78 is 5.26. The van der Waals surface area contributed by atoms with Crippen LogP contribution in [0.1, 0.15) is 49.4 Å². The highest BCUT2D eigenvalue weighted by atomic mass is 35.5. The van der Waals surface area contributed by atoms with E-state index in [9.17, 15) is 0 Å². The Kier molecular flexibility index (Phi) is 7.37. The normalized spacial score (nSPS) is 13.9. The van der Waals surface area contributed by atoms with Crippen molar-refractivity contribution in [1.29, 1.82) is 0 Å². The minimum absolute atomic E-state index is 0.436. The third kappa shape index (κ3) is 5.34. The highest BCUT2D eigenvalue weighted by Gasteiger charge is 2.21. The van der Waals surface area contributed by atoms with E-state index in [2.05, 4.69) is 28.5 Å². The van der Waals surface area contributed by atoms with Gasteiger partial charge in [-0.1, -0.05) is 55.1 Å². The fourth-order valence-corrected chi connectivity index (χ4v) is 4.72. The van der Waals surface area contributed by atoms with Crippen LogP contribution in [-0.4, -0.2) is 38.4 Å². The third-order valence-corrected chi connectivity index (χ3v) is 6.32. The molecular weight excluding hydrogens is 456 g/mol. The molecule has 34 heavy (non-hydrogen) atoms.